The van der Waals surface area contributed by atoms with Crippen LogP contribution in [-0.4, -0.2) is 21.2 Å². The van der Waals surface area contributed by atoms with Crippen molar-refractivity contribution >= 4 is 29.0 Å². The molecule has 4 rings (SSSR count). The van der Waals surface area contributed by atoms with E-state index in [4.69, 9.17) is 16.1 Å². The Kier molecular flexibility index (Phi) is 5.49. The summed E-state index contributed by atoms with van der Waals surface area (Å²) in [5, 5.41) is 10.2. The lowest BCUT2D eigenvalue weighted by molar-refractivity contribution is 0.262. The lowest BCUT2D eigenvalue weighted by Gasteiger charge is -2.11. The molecule has 29 heavy (non-hydrogen) atoms. The third-order valence-corrected chi connectivity index (χ3v) is 4.37. The maximum atomic E-state index is 12.3. The predicted molar refractivity (Wildman–Crippen MR) is 111 cm³/mol. The molecule has 0 saturated heterocycles. The summed E-state index contributed by atoms with van der Waals surface area (Å²) in [7, 11) is 0. The molecule has 7 nitrogen and oxygen atoms in total. The van der Waals surface area contributed by atoms with Gasteiger partial charge in [-0.15, -0.1) is 0 Å². The van der Waals surface area contributed by atoms with E-state index in [1.165, 1.54) is 0 Å². The number of hydrogen-bond donors (Lipinski definition) is 2. The third kappa shape index (κ3) is 4.77. The van der Waals surface area contributed by atoms with Crippen molar-refractivity contribution in [1.29, 1.82) is 0 Å². The van der Waals surface area contributed by atoms with E-state index in [0.29, 0.717) is 34.5 Å². The molecule has 0 bridgehead atoms. The Hall–Kier alpha value is -3.71. The second-order valence-electron chi connectivity index (χ2n) is 6.17. The van der Waals surface area contributed by atoms with Crippen molar-refractivity contribution in [1.82, 2.24) is 15.1 Å². The number of hydrogen-bond acceptors (Lipinski definition) is 5. The van der Waals surface area contributed by atoms with Gasteiger partial charge in [-0.3, -0.25) is 4.98 Å². The van der Waals surface area contributed by atoms with Crippen LogP contribution in [0.2, 0.25) is 5.02 Å². The average molecular weight is 406 g/mol. The highest BCUT2D eigenvalue weighted by Crippen LogP contribution is 2.21. The number of para-hydroxylation sites is 1. The summed E-state index contributed by atoms with van der Waals surface area (Å²) in [6.45, 7) is 0. The fourth-order valence-electron chi connectivity index (χ4n) is 2.72. The van der Waals surface area contributed by atoms with Crippen molar-refractivity contribution < 1.29 is 9.32 Å². The van der Waals surface area contributed by atoms with Gasteiger partial charge in [-0.1, -0.05) is 35.0 Å². The first-order chi connectivity index (χ1) is 14.2. The van der Waals surface area contributed by atoms with E-state index in [0.717, 1.165) is 11.1 Å². The van der Waals surface area contributed by atoms with Crippen molar-refractivity contribution in [3.8, 4) is 11.4 Å². The van der Waals surface area contributed by atoms with Crippen LogP contribution in [0.1, 0.15) is 11.5 Å². The number of anilines is 2. The smallest absolute Gasteiger partial charge is 0.323 e. The first kappa shape index (κ1) is 18.6. The molecule has 0 aliphatic heterocycles. The SMILES string of the molecule is O=C(Nc1ccc(Cl)cc1)Nc1ccccc1Cc1nc(-c2ccncc2)no1. The molecule has 0 fully saturated rings. The molecule has 144 valence electrons. The molecule has 8 heteroatoms. The third-order valence-electron chi connectivity index (χ3n) is 4.12. The van der Waals surface area contributed by atoms with Crippen LogP contribution in [0.15, 0.2) is 77.6 Å². The fourth-order valence-corrected chi connectivity index (χ4v) is 2.85. The van der Waals surface area contributed by atoms with Crippen molar-refractivity contribution in [2.24, 2.45) is 0 Å². The highest BCUT2D eigenvalue weighted by Gasteiger charge is 2.13. The maximum absolute atomic E-state index is 12.3. The largest absolute Gasteiger partial charge is 0.339 e. The van der Waals surface area contributed by atoms with Crippen LogP contribution in [0.5, 0.6) is 0 Å². The number of amides is 2. The number of nitrogens with one attached hydrogen (secondary N) is 2. The zero-order valence-corrected chi connectivity index (χ0v) is 15.9. The van der Waals surface area contributed by atoms with E-state index in [9.17, 15) is 4.79 Å². The van der Waals surface area contributed by atoms with Gasteiger partial charge in [0.05, 0.1) is 6.42 Å². The molecule has 0 atom stereocenters. The van der Waals surface area contributed by atoms with Gasteiger partial charge in [0.25, 0.3) is 0 Å². The average Bonchev–Trinajstić information content (AvgIpc) is 3.20. The summed E-state index contributed by atoms with van der Waals surface area (Å²) >= 11 is 5.87. The Morgan fingerprint density at radius 3 is 2.52 bits per heavy atom. The fraction of sp³-hybridized carbons (Fsp3) is 0.0476. The van der Waals surface area contributed by atoms with Gasteiger partial charge in [0.1, 0.15) is 0 Å². The molecule has 4 aromatic rings. The van der Waals surface area contributed by atoms with Gasteiger partial charge < -0.3 is 15.2 Å². The molecule has 2 aromatic carbocycles. The van der Waals surface area contributed by atoms with Crippen molar-refractivity contribution in [2.75, 3.05) is 10.6 Å². The van der Waals surface area contributed by atoms with Crippen LogP contribution in [0.3, 0.4) is 0 Å². The summed E-state index contributed by atoms with van der Waals surface area (Å²) in [5.74, 6) is 0.942. The Morgan fingerprint density at radius 1 is 0.966 bits per heavy atom. The van der Waals surface area contributed by atoms with Gasteiger partial charge in [0, 0.05) is 34.4 Å². The van der Waals surface area contributed by atoms with Crippen LogP contribution in [0.25, 0.3) is 11.4 Å². The number of urea groups is 1. The molecule has 0 saturated carbocycles. The predicted octanol–water partition coefficient (Wildman–Crippen LogP) is 5.02. The van der Waals surface area contributed by atoms with Crippen molar-refractivity contribution in [3.05, 3.63) is 89.5 Å². The lowest BCUT2D eigenvalue weighted by Crippen LogP contribution is -2.20. The molecule has 2 amide bonds. The van der Waals surface area contributed by atoms with Crippen LogP contribution in [0, 0.1) is 0 Å². The van der Waals surface area contributed by atoms with E-state index in [1.807, 2.05) is 36.4 Å². The second kappa shape index (κ2) is 8.53. The Bertz CT molecular complexity index is 1110. The molecular formula is C21H16ClN5O2. The van der Waals surface area contributed by atoms with Crippen LogP contribution in [-0.2, 0) is 6.42 Å². The molecule has 0 spiro atoms. The van der Waals surface area contributed by atoms with Crippen LogP contribution >= 0.6 is 11.6 Å². The monoisotopic (exact) mass is 405 g/mol. The molecule has 2 N–H and O–H groups in total. The second-order valence-corrected chi connectivity index (χ2v) is 6.60. The molecule has 0 aliphatic rings. The number of rotatable bonds is 5. The van der Waals surface area contributed by atoms with Crippen molar-refractivity contribution in [2.45, 2.75) is 6.42 Å². The van der Waals surface area contributed by atoms with Gasteiger partial charge in [-0.25, -0.2) is 4.79 Å². The summed E-state index contributed by atoms with van der Waals surface area (Å²) in [5.41, 5.74) is 2.97. The Morgan fingerprint density at radius 2 is 1.72 bits per heavy atom. The van der Waals surface area contributed by atoms with Gasteiger partial charge >= 0.3 is 6.03 Å². The number of carbonyl (C=O) groups is 1. The topological polar surface area (TPSA) is 92.9 Å². The molecule has 2 heterocycles. The number of carbonyl (C=O) groups excluding carboxylic acids is 1. The summed E-state index contributed by atoms with van der Waals surface area (Å²) in [6.07, 6.45) is 3.73. The quantitative estimate of drug-likeness (QED) is 0.486. The van der Waals surface area contributed by atoms with Crippen LogP contribution in [0.4, 0.5) is 16.2 Å². The molecule has 0 unspecified atom stereocenters. The van der Waals surface area contributed by atoms with Gasteiger partial charge in [-0.2, -0.15) is 4.98 Å². The highest BCUT2D eigenvalue weighted by atomic mass is 35.5. The molecule has 0 radical (unpaired) electrons. The Balaban J connectivity index is 1.46. The van der Waals surface area contributed by atoms with E-state index in [1.54, 1.807) is 36.7 Å². The minimum atomic E-state index is -0.359. The van der Waals surface area contributed by atoms with E-state index in [-0.39, 0.29) is 6.03 Å². The number of nitrogens with zero attached hydrogens (tertiary/aromatic N) is 3. The molecule has 0 aliphatic carbocycles. The van der Waals surface area contributed by atoms with E-state index >= 15 is 0 Å². The molecular weight excluding hydrogens is 390 g/mol. The summed E-state index contributed by atoms with van der Waals surface area (Å²) in [6, 6.07) is 17.6. The summed E-state index contributed by atoms with van der Waals surface area (Å²) in [4.78, 5) is 20.8. The summed E-state index contributed by atoms with van der Waals surface area (Å²) < 4.78 is 5.37. The van der Waals surface area contributed by atoms with Gasteiger partial charge in [0.2, 0.25) is 11.7 Å². The normalized spacial score (nSPS) is 10.5. The van der Waals surface area contributed by atoms with E-state index in [2.05, 4.69) is 25.8 Å². The minimum Gasteiger partial charge on any atom is -0.339 e. The van der Waals surface area contributed by atoms with Gasteiger partial charge in [-0.05, 0) is 48.0 Å². The minimum absolute atomic E-state index is 0.359. The van der Waals surface area contributed by atoms with Crippen LogP contribution < -0.4 is 10.6 Å². The maximum Gasteiger partial charge on any atom is 0.323 e. The zero-order chi connectivity index (χ0) is 20.1. The van der Waals surface area contributed by atoms with Crippen molar-refractivity contribution in [3.63, 3.8) is 0 Å². The van der Waals surface area contributed by atoms with E-state index < -0.39 is 0 Å². The number of pyridine rings is 1. The first-order valence-corrected chi connectivity index (χ1v) is 9.19. The highest BCUT2D eigenvalue weighted by molar-refractivity contribution is 6.30. The first-order valence-electron chi connectivity index (χ1n) is 8.82. The Labute approximate surface area is 171 Å². The zero-order valence-electron chi connectivity index (χ0n) is 15.2. The number of aromatic nitrogens is 3. The number of benzene rings is 2. The molecule has 2 aromatic heterocycles. The lowest BCUT2D eigenvalue weighted by atomic mass is 10.1. The number of halogens is 1. The van der Waals surface area contributed by atoms with Gasteiger partial charge in [0.15, 0.2) is 0 Å². The standard InChI is InChI=1S/C21H16ClN5O2/c22-16-5-7-17(8-6-16)24-21(28)25-18-4-2-1-3-15(18)13-19-26-20(27-29-19)14-9-11-23-12-10-14/h1-12H,13H2,(H2,24,25,28).